The second-order valence-corrected chi connectivity index (χ2v) is 1.40. The van der Waals surface area contributed by atoms with Crippen LogP contribution in [0, 0.1) is 0 Å². The monoisotopic (exact) mass is 104 g/mol. The Morgan fingerprint density at radius 1 is 1.62 bits per heavy atom. The van der Waals surface area contributed by atoms with Gasteiger partial charge in [0.15, 0.2) is 0 Å². The summed E-state index contributed by atoms with van der Waals surface area (Å²) in [5.74, 6) is 0. The molecule has 0 amide bonds. The lowest BCUT2D eigenvalue weighted by atomic mass is 9.96. The van der Waals surface area contributed by atoms with Crippen LogP contribution in [0.1, 0.15) is 6.92 Å². The van der Waals surface area contributed by atoms with E-state index in [2.05, 4.69) is 6.58 Å². The molecule has 0 nitrogen and oxygen atoms in total. The average Bonchev–Trinajstić information content (AvgIpc) is 1.83. The van der Waals surface area contributed by atoms with Crippen LogP contribution < -0.4 is 0 Å². The van der Waals surface area contributed by atoms with E-state index in [1.165, 1.54) is 0 Å². The van der Waals surface area contributed by atoms with E-state index in [-0.39, 0.29) is 0 Å². The van der Waals surface area contributed by atoms with Gasteiger partial charge in [-0.1, -0.05) is 36.4 Å². The molecule has 0 aliphatic carbocycles. The van der Waals surface area contributed by atoms with Crippen molar-refractivity contribution in [2.75, 3.05) is 0 Å². The van der Waals surface area contributed by atoms with E-state index in [1.54, 1.807) is 12.2 Å². The minimum atomic E-state index is 0.697. The number of rotatable bonds is 2. The van der Waals surface area contributed by atoms with Crippen molar-refractivity contribution < 1.29 is 0 Å². The highest BCUT2D eigenvalue weighted by Gasteiger charge is 1.70. The van der Waals surface area contributed by atoms with Crippen molar-refractivity contribution in [2.45, 2.75) is 6.92 Å². The van der Waals surface area contributed by atoms with Gasteiger partial charge in [-0.15, -0.1) is 0 Å². The molecule has 1 heteroatoms. The van der Waals surface area contributed by atoms with Crippen LogP contribution in [0.5, 0.6) is 0 Å². The van der Waals surface area contributed by atoms with E-state index in [4.69, 9.17) is 7.85 Å². The van der Waals surface area contributed by atoms with Crippen LogP contribution in [-0.4, -0.2) is 7.85 Å². The normalized spacial score (nSPS) is 12.4. The summed E-state index contributed by atoms with van der Waals surface area (Å²) in [4.78, 5) is 0. The van der Waals surface area contributed by atoms with E-state index in [9.17, 15) is 0 Å². The van der Waals surface area contributed by atoms with Gasteiger partial charge in [-0.05, 0) is 6.92 Å². The Balaban J connectivity index is 3.74. The molecule has 0 bridgehead atoms. The fourth-order valence-corrected chi connectivity index (χ4v) is 0.275. The van der Waals surface area contributed by atoms with Crippen LogP contribution in [0.2, 0.25) is 0 Å². The molecule has 0 fully saturated rings. The molecule has 0 aliphatic heterocycles. The molecule has 8 heavy (non-hydrogen) atoms. The van der Waals surface area contributed by atoms with E-state index in [0.717, 1.165) is 0 Å². The van der Waals surface area contributed by atoms with Crippen molar-refractivity contribution >= 4 is 7.85 Å². The highest BCUT2D eigenvalue weighted by Crippen LogP contribution is 1.86. The van der Waals surface area contributed by atoms with Crippen molar-refractivity contribution in [3.8, 4) is 0 Å². The molecule has 40 valence electrons. The molecule has 0 unspecified atom stereocenters. The van der Waals surface area contributed by atoms with Crippen LogP contribution in [0.4, 0.5) is 0 Å². The summed E-state index contributed by atoms with van der Waals surface area (Å²) in [6.07, 6.45) is 7.19. The zero-order valence-electron chi connectivity index (χ0n) is 5.09. The minimum absolute atomic E-state index is 0.697. The van der Waals surface area contributed by atoms with Crippen molar-refractivity contribution in [2.24, 2.45) is 0 Å². The average molecular weight is 104 g/mol. The molecule has 0 saturated heterocycles. The molecule has 2 radical (unpaired) electrons. The zero-order valence-corrected chi connectivity index (χ0v) is 5.09. The largest absolute Gasteiger partial charge is 0.113 e. The lowest BCUT2D eigenvalue weighted by Crippen LogP contribution is -1.68. The van der Waals surface area contributed by atoms with Crippen LogP contribution in [0.15, 0.2) is 36.4 Å². The van der Waals surface area contributed by atoms with Crippen molar-refractivity contribution in [1.82, 2.24) is 0 Å². The molecule has 0 spiro atoms. The second-order valence-electron chi connectivity index (χ2n) is 1.40. The highest BCUT2D eigenvalue weighted by atomic mass is 13.7. The van der Waals surface area contributed by atoms with Gasteiger partial charge in [-0.3, -0.25) is 0 Å². The summed E-state index contributed by atoms with van der Waals surface area (Å²) in [6, 6.07) is 0. The van der Waals surface area contributed by atoms with Crippen LogP contribution in [-0.2, 0) is 0 Å². The number of hydrogen-bond donors (Lipinski definition) is 0. The quantitative estimate of drug-likeness (QED) is 0.370. The molecule has 0 aliphatic rings. The molecule has 0 saturated carbocycles. The van der Waals surface area contributed by atoms with Gasteiger partial charge in [0.1, 0.15) is 7.85 Å². The predicted octanol–water partition coefficient (Wildman–Crippen LogP) is 1.80. The standard InChI is InChI=1S/C7H9B/c1-3-5-6-7(8)4-2/h3-6H,2H2,1H3/b5-3-,7-6+. The van der Waals surface area contributed by atoms with Crippen LogP contribution >= 0.6 is 0 Å². The molecule has 0 aromatic rings. The van der Waals surface area contributed by atoms with E-state index < -0.39 is 0 Å². The third-order valence-corrected chi connectivity index (χ3v) is 0.717. The Morgan fingerprint density at radius 2 is 2.25 bits per heavy atom. The lowest BCUT2D eigenvalue weighted by Gasteiger charge is -1.81. The van der Waals surface area contributed by atoms with Gasteiger partial charge in [0, 0.05) is 0 Å². The molecule has 0 atom stereocenters. The smallest absolute Gasteiger partial charge is 0.0997 e. The second kappa shape index (κ2) is 4.44. The third kappa shape index (κ3) is 3.47. The van der Waals surface area contributed by atoms with Gasteiger partial charge in [-0.25, -0.2) is 0 Å². The summed E-state index contributed by atoms with van der Waals surface area (Å²) in [5.41, 5.74) is 0.697. The maximum Gasteiger partial charge on any atom is 0.113 e. The van der Waals surface area contributed by atoms with Gasteiger partial charge in [0.05, 0.1) is 0 Å². The van der Waals surface area contributed by atoms with E-state index in [0.29, 0.717) is 5.47 Å². The van der Waals surface area contributed by atoms with Gasteiger partial charge < -0.3 is 0 Å². The summed E-state index contributed by atoms with van der Waals surface area (Å²) in [5, 5.41) is 0. The summed E-state index contributed by atoms with van der Waals surface area (Å²) in [6.45, 7) is 5.42. The first kappa shape index (κ1) is 7.28. The van der Waals surface area contributed by atoms with Gasteiger partial charge in [0.2, 0.25) is 0 Å². The molecular formula is C7H9B. The highest BCUT2D eigenvalue weighted by molar-refractivity contribution is 6.23. The molecule has 0 heterocycles. The maximum atomic E-state index is 5.35. The topological polar surface area (TPSA) is 0 Å². The Bertz CT molecular complexity index is 120. The molecule has 0 rings (SSSR count). The molecule has 0 aromatic heterocycles. The Hall–Kier alpha value is -0.715. The van der Waals surface area contributed by atoms with Crippen LogP contribution in [0.25, 0.3) is 0 Å². The maximum absolute atomic E-state index is 5.35. The summed E-state index contributed by atoms with van der Waals surface area (Å²) in [7, 11) is 5.35. The first-order valence-corrected chi connectivity index (χ1v) is 2.52. The van der Waals surface area contributed by atoms with E-state index in [1.807, 2.05) is 19.1 Å². The van der Waals surface area contributed by atoms with Gasteiger partial charge in [-0.2, -0.15) is 0 Å². The molecular weight excluding hydrogens is 94.9 g/mol. The lowest BCUT2D eigenvalue weighted by molar-refractivity contribution is 1.72. The van der Waals surface area contributed by atoms with Gasteiger partial charge >= 0.3 is 0 Å². The van der Waals surface area contributed by atoms with Crippen molar-refractivity contribution in [3.05, 3.63) is 36.4 Å². The van der Waals surface area contributed by atoms with Gasteiger partial charge in [0.25, 0.3) is 0 Å². The predicted molar refractivity (Wildman–Crippen MR) is 38.8 cm³/mol. The van der Waals surface area contributed by atoms with E-state index >= 15 is 0 Å². The summed E-state index contributed by atoms with van der Waals surface area (Å²) < 4.78 is 0. The molecule has 0 N–H and O–H groups in total. The third-order valence-electron chi connectivity index (χ3n) is 0.717. The Morgan fingerprint density at radius 3 is 2.62 bits per heavy atom. The Kier molecular flexibility index (Phi) is 4.05. The molecule has 0 aromatic carbocycles. The number of hydrogen-bond acceptors (Lipinski definition) is 0. The first-order valence-electron chi connectivity index (χ1n) is 2.52. The summed E-state index contributed by atoms with van der Waals surface area (Å²) >= 11 is 0. The first-order chi connectivity index (χ1) is 3.81. The SMILES string of the molecule is [B]/C(C=C)=C/C=C\C. The fraction of sp³-hybridized carbons (Fsp3) is 0.143. The fourth-order valence-electron chi connectivity index (χ4n) is 0.275. The van der Waals surface area contributed by atoms with Crippen LogP contribution in [0.3, 0.4) is 0 Å². The Labute approximate surface area is 52.0 Å². The minimum Gasteiger partial charge on any atom is -0.0997 e. The zero-order chi connectivity index (χ0) is 6.41. The van der Waals surface area contributed by atoms with Crippen molar-refractivity contribution in [3.63, 3.8) is 0 Å². The number of allylic oxidation sites excluding steroid dienone is 5. The van der Waals surface area contributed by atoms with Crippen molar-refractivity contribution in [1.29, 1.82) is 0 Å².